The Morgan fingerprint density at radius 3 is 2.80 bits per heavy atom. The van der Waals surface area contributed by atoms with Crippen molar-refractivity contribution >= 4 is 33.7 Å². The zero-order valence-corrected chi connectivity index (χ0v) is 18.1. The van der Waals surface area contributed by atoms with Crippen molar-refractivity contribution in [2.24, 2.45) is 5.73 Å². The number of amides is 1. The van der Waals surface area contributed by atoms with Crippen LogP contribution in [0.3, 0.4) is 0 Å². The maximum absolute atomic E-state index is 13.4. The third-order valence-electron chi connectivity index (χ3n) is 4.57. The summed E-state index contributed by atoms with van der Waals surface area (Å²) in [5.41, 5.74) is 8.69. The zero-order valence-electron chi connectivity index (χ0n) is 16.5. The summed E-state index contributed by atoms with van der Waals surface area (Å²) in [6.07, 6.45) is 7.62. The van der Waals surface area contributed by atoms with Gasteiger partial charge in [-0.1, -0.05) is 24.3 Å². The molecule has 0 aliphatic heterocycles. The molecule has 0 radical (unpaired) electrons. The van der Waals surface area contributed by atoms with E-state index in [-0.39, 0.29) is 5.82 Å². The number of hydrogen-bond donors (Lipinski definition) is 2. The lowest BCUT2D eigenvalue weighted by molar-refractivity contribution is -0.118. The Morgan fingerprint density at radius 2 is 2.13 bits per heavy atom. The van der Waals surface area contributed by atoms with Gasteiger partial charge >= 0.3 is 0 Å². The first-order valence-corrected chi connectivity index (χ1v) is 10.3. The minimum Gasteiger partial charge on any atom is -0.369 e. The molecule has 1 aromatic carbocycles. The first-order chi connectivity index (χ1) is 14.5. The molecule has 0 aliphatic rings. The van der Waals surface area contributed by atoms with Crippen molar-refractivity contribution in [2.45, 2.75) is 19.3 Å². The monoisotopic (exact) mass is 468 g/mol. The smallest absolute Gasteiger partial charge is 0.229 e. The van der Waals surface area contributed by atoms with E-state index in [2.05, 4.69) is 26.2 Å². The minimum atomic E-state index is -0.709. The maximum Gasteiger partial charge on any atom is 0.229 e. The molecule has 0 spiro atoms. The van der Waals surface area contributed by atoms with Crippen molar-refractivity contribution in [1.29, 1.82) is 0 Å². The molecule has 1 amide bonds. The lowest BCUT2D eigenvalue weighted by Crippen LogP contribution is -2.24. The van der Waals surface area contributed by atoms with Crippen molar-refractivity contribution in [3.63, 3.8) is 0 Å². The second-order valence-corrected chi connectivity index (χ2v) is 7.58. The normalized spacial score (nSPS) is 12.1. The second kappa shape index (κ2) is 10.1. The van der Waals surface area contributed by atoms with Crippen molar-refractivity contribution in [3.8, 4) is 0 Å². The third kappa shape index (κ3) is 5.30. The predicted octanol–water partition coefficient (Wildman–Crippen LogP) is 4.68. The molecule has 0 aliphatic carbocycles. The highest BCUT2D eigenvalue weighted by molar-refractivity contribution is 9.10. The van der Waals surface area contributed by atoms with Gasteiger partial charge in [-0.3, -0.25) is 9.78 Å². The number of nitrogens with two attached hydrogens (primary N) is 1. The molecule has 0 bridgehead atoms. The molecule has 3 aromatic rings. The van der Waals surface area contributed by atoms with Crippen LogP contribution in [0.1, 0.15) is 35.2 Å². The average Bonchev–Trinajstić information content (AvgIpc) is 2.72. The number of nitrogens with one attached hydrogen (secondary N) is 1. The maximum atomic E-state index is 13.4. The van der Waals surface area contributed by atoms with Gasteiger partial charge in [0, 0.05) is 29.0 Å². The summed E-state index contributed by atoms with van der Waals surface area (Å²) in [5, 5.41) is 3.30. The molecule has 5 nitrogen and oxygen atoms in total. The minimum absolute atomic E-state index is 0.268. The second-order valence-electron chi connectivity index (χ2n) is 6.72. The summed E-state index contributed by atoms with van der Waals surface area (Å²) in [6.45, 7) is 2.42. The summed E-state index contributed by atoms with van der Waals surface area (Å²) in [5.74, 6) is -0.923. The number of allylic oxidation sites excluding steroid dienone is 1. The molecule has 7 heteroatoms. The molecular weight excluding hydrogens is 447 g/mol. The highest BCUT2D eigenvalue weighted by atomic mass is 79.9. The number of pyridine rings is 2. The number of nitrogens with zero attached hydrogens (tertiary/aromatic N) is 2. The fourth-order valence-electron chi connectivity index (χ4n) is 3.22. The van der Waals surface area contributed by atoms with Crippen molar-refractivity contribution in [3.05, 3.63) is 93.6 Å². The first-order valence-electron chi connectivity index (χ1n) is 9.50. The molecule has 30 heavy (non-hydrogen) atoms. The molecule has 3 rings (SSSR count). The summed E-state index contributed by atoms with van der Waals surface area (Å²) in [7, 11) is 0. The van der Waals surface area contributed by atoms with Crippen LogP contribution in [0.2, 0.25) is 0 Å². The Morgan fingerprint density at radius 1 is 1.30 bits per heavy atom. The van der Waals surface area contributed by atoms with Crippen molar-refractivity contribution in [1.82, 2.24) is 9.97 Å². The number of primary amides is 1. The van der Waals surface area contributed by atoms with Gasteiger partial charge in [-0.25, -0.2) is 9.37 Å². The first kappa shape index (κ1) is 21.6. The van der Waals surface area contributed by atoms with E-state index in [0.717, 1.165) is 15.7 Å². The Hall–Kier alpha value is -3.06. The number of aromatic nitrogens is 2. The van der Waals surface area contributed by atoms with Gasteiger partial charge in [-0.2, -0.15) is 0 Å². The van der Waals surface area contributed by atoms with Crippen molar-refractivity contribution < 1.29 is 9.18 Å². The standard InChI is InChI=1S/C23H22BrFN4O/c1-2-5-20-19(24)13-18(21(22(26)30)16-7-4-10-27-14-16)23(29-20)28-11-9-15-6-3-8-17(25)12-15/h2-8,10,12-14,21H,9,11H2,1H3,(H2,26,30)(H,28,29). The summed E-state index contributed by atoms with van der Waals surface area (Å²) in [6, 6.07) is 11.9. The van der Waals surface area contributed by atoms with E-state index < -0.39 is 11.8 Å². The predicted molar refractivity (Wildman–Crippen MR) is 121 cm³/mol. The molecule has 1 unspecified atom stereocenters. The van der Waals surface area contributed by atoms with Crippen LogP contribution in [0.5, 0.6) is 0 Å². The average molecular weight is 469 g/mol. The molecule has 3 N–H and O–H groups in total. The highest BCUT2D eigenvalue weighted by Crippen LogP contribution is 2.33. The Bertz CT molecular complexity index is 1060. The topological polar surface area (TPSA) is 80.9 Å². The Balaban J connectivity index is 1.96. The molecule has 2 aromatic heterocycles. The molecular formula is C23H22BrFN4O. The van der Waals surface area contributed by atoms with Crippen LogP contribution >= 0.6 is 15.9 Å². The highest BCUT2D eigenvalue weighted by Gasteiger charge is 2.25. The lowest BCUT2D eigenvalue weighted by atomic mass is 9.91. The Labute approximate surface area is 183 Å². The number of hydrogen-bond acceptors (Lipinski definition) is 4. The van der Waals surface area contributed by atoms with E-state index >= 15 is 0 Å². The number of carbonyl (C=O) groups is 1. The number of benzene rings is 1. The molecule has 2 heterocycles. The molecule has 0 fully saturated rings. The van der Waals surface area contributed by atoms with Crippen LogP contribution in [0.25, 0.3) is 6.08 Å². The number of carbonyl (C=O) groups excluding carboxylic acids is 1. The van der Waals surface area contributed by atoms with Gasteiger partial charge in [0.2, 0.25) is 5.91 Å². The van der Waals surface area contributed by atoms with E-state index in [0.29, 0.717) is 29.9 Å². The van der Waals surface area contributed by atoms with E-state index in [9.17, 15) is 9.18 Å². The number of halogens is 2. The third-order valence-corrected chi connectivity index (χ3v) is 5.20. The van der Waals surface area contributed by atoms with Crippen LogP contribution in [0.4, 0.5) is 10.2 Å². The van der Waals surface area contributed by atoms with Gasteiger partial charge in [-0.15, -0.1) is 0 Å². The summed E-state index contributed by atoms with van der Waals surface area (Å²) >= 11 is 3.53. The van der Waals surface area contributed by atoms with E-state index in [1.165, 1.54) is 12.1 Å². The van der Waals surface area contributed by atoms with Gasteiger partial charge in [0.1, 0.15) is 11.6 Å². The van der Waals surface area contributed by atoms with Gasteiger partial charge in [0.05, 0.1) is 11.6 Å². The molecule has 1 atom stereocenters. The van der Waals surface area contributed by atoms with Gasteiger partial charge in [0.25, 0.3) is 0 Å². The Kier molecular flexibility index (Phi) is 7.30. The zero-order chi connectivity index (χ0) is 21.5. The number of anilines is 1. The van der Waals surface area contributed by atoms with Gasteiger partial charge < -0.3 is 11.1 Å². The fourth-order valence-corrected chi connectivity index (χ4v) is 3.68. The van der Waals surface area contributed by atoms with Crippen molar-refractivity contribution in [2.75, 3.05) is 11.9 Å². The fraction of sp³-hybridized carbons (Fsp3) is 0.174. The van der Waals surface area contributed by atoms with Crippen LogP contribution in [-0.2, 0) is 11.2 Å². The van der Waals surface area contributed by atoms with Gasteiger partial charge in [-0.05, 0) is 70.7 Å². The largest absolute Gasteiger partial charge is 0.369 e. The van der Waals surface area contributed by atoms with Crippen LogP contribution in [-0.4, -0.2) is 22.4 Å². The van der Waals surface area contributed by atoms with E-state index in [1.54, 1.807) is 24.5 Å². The summed E-state index contributed by atoms with van der Waals surface area (Å²) < 4.78 is 14.2. The van der Waals surface area contributed by atoms with Crippen LogP contribution in [0, 0.1) is 5.82 Å². The molecule has 154 valence electrons. The summed E-state index contributed by atoms with van der Waals surface area (Å²) in [4.78, 5) is 21.2. The quantitative estimate of drug-likeness (QED) is 0.502. The van der Waals surface area contributed by atoms with Crippen LogP contribution < -0.4 is 11.1 Å². The van der Waals surface area contributed by atoms with E-state index in [1.807, 2.05) is 37.3 Å². The van der Waals surface area contributed by atoms with Crippen LogP contribution in [0.15, 0.2) is 65.4 Å². The SMILES string of the molecule is CC=Cc1nc(NCCc2cccc(F)c2)c(C(C(N)=O)c2cccnc2)cc1Br. The molecule has 0 saturated carbocycles. The van der Waals surface area contributed by atoms with E-state index in [4.69, 9.17) is 10.7 Å². The molecule has 0 saturated heterocycles. The van der Waals surface area contributed by atoms with Gasteiger partial charge in [0.15, 0.2) is 0 Å². The lowest BCUT2D eigenvalue weighted by Gasteiger charge is -2.19. The number of rotatable bonds is 8.